The van der Waals surface area contributed by atoms with Gasteiger partial charge in [0.05, 0.1) is 14.2 Å². The van der Waals surface area contributed by atoms with Crippen molar-refractivity contribution < 1.29 is 0 Å². The van der Waals surface area contributed by atoms with E-state index in [-0.39, 0.29) is 10.8 Å². The largest absolute Gasteiger partial charge is 0.0759 e. The molecule has 0 spiro atoms. The van der Waals surface area contributed by atoms with Crippen molar-refractivity contribution in [1.29, 1.82) is 0 Å². The van der Waals surface area contributed by atoms with E-state index in [1.165, 1.54) is 50.1 Å². The fraction of sp³-hybridized carbons (Fsp3) is 0.389. The van der Waals surface area contributed by atoms with Gasteiger partial charge in [0.2, 0.25) is 0 Å². The summed E-state index contributed by atoms with van der Waals surface area (Å²) in [5.41, 5.74) is 15.1. The zero-order valence-corrected chi connectivity index (χ0v) is 26.2. The van der Waals surface area contributed by atoms with Crippen LogP contribution in [0, 0.1) is 47.0 Å². The topological polar surface area (TPSA) is 0 Å². The standard InChI is InChI=1S/C36H46Si/c1-23-12-24(2)16-30(15-23)36(31-17-25(3)13-26(4)18-31,32-19-27(5)14-28(6)20-32)33-21-29(35(7,8)9)22-34(33)37(10)11/h12-21,37H,22H2,1-11H3. The van der Waals surface area contributed by atoms with Gasteiger partial charge in [0.1, 0.15) is 0 Å². The highest BCUT2D eigenvalue weighted by Gasteiger charge is 2.44. The maximum atomic E-state index is 2.62. The van der Waals surface area contributed by atoms with Crippen LogP contribution in [-0.4, -0.2) is 8.80 Å². The second-order valence-electron chi connectivity index (χ2n) is 13.1. The van der Waals surface area contributed by atoms with Crippen LogP contribution < -0.4 is 0 Å². The highest BCUT2D eigenvalue weighted by molar-refractivity contribution is 6.64. The molecule has 1 aliphatic carbocycles. The van der Waals surface area contributed by atoms with E-state index in [1.54, 1.807) is 16.3 Å². The van der Waals surface area contributed by atoms with Crippen LogP contribution in [0.3, 0.4) is 0 Å². The van der Waals surface area contributed by atoms with E-state index in [4.69, 9.17) is 0 Å². The molecule has 0 aliphatic heterocycles. The quantitative estimate of drug-likeness (QED) is 0.239. The van der Waals surface area contributed by atoms with Gasteiger partial charge in [-0.05, 0) is 75.6 Å². The van der Waals surface area contributed by atoms with Crippen LogP contribution in [-0.2, 0) is 5.41 Å². The van der Waals surface area contributed by atoms with Gasteiger partial charge in [-0.2, -0.15) is 0 Å². The van der Waals surface area contributed by atoms with Crippen molar-refractivity contribution in [3.05, 3.63) is 127 Å². The predicted octanol–water partition coefficient (Wildman–Crippen LogP) is 9.57. The summed E-state index contributed by atoms with van der Waals surface area (Å²) in [4.78, 5) is 0. The molecular formula is C36H46Si. The molecule has 0 bridgehead atoms. The third-order valence-electron chi connectivity index (χ3n) is 8.07. The molecule has 0 nitrogen and oxygen atoms in total. The van der Waals surface area contributed by atoms with Gasteiger partial charge in [-0.15, -0.1) is 0 Å². The number of benzene rings is 3. The first-order valence-corrected chi connectivity index (χ1v) is 16.8. The highest BCUT2D eigenvalue weighted by Crippen LogP contribution is 2.53. The van der Waals surface area contributed by atoms with Crippen molar-refractivity contribution in [1.82, 2.24) is 0 Å². The first-order chi connectivity index (χ1) is 17.2. The van der Waals surface area contributed by atoms with Crippen molar-refractivity contribution in [2.75, 3.05) is 0 Å². The van der Waals surface area contributed by atoms with E-state index in [1.807, 2.05) is 0 Å². The molecule has 37 heavy (non-hydrogen) atoms. The third-order valence-corrected chi connectivity index (χ3v) is 9.98. The van der Waals surface area contributed by atoms with Crippen LogP contribution in [0.4, 0.5) is 0 Å². The fourth-order valence-corrected chi connectivity index (χ4v) is 8.05. The second kappa shape index (κ2) is 9.91. The van der Waals surface area contributed by atoms with Gasteiger partial charge < -0.3 is 0 Å². The Morgan fingerprint density at radius 3 is 1.14 bits per heavy atom. The summed E-state index contributed by atoms with van der Waals surface area (Å²) in [5, 5.41) is 1.71. The molecule has 0 heterocycles. The van der Waals surface area contributed by atoms with Crippen molar-refractivity contribution in [2.45, 2.75) is 87.2 Å². The van der Waals surface area contributed by atoms with Crippen molar-refractivity contribution in [3.63, 3.8) is 0 Å². The summed E-state index contributed by atoms with van der Waals surface area (Å²) >= 11 is 0. The van der Waals surface area contributed by atoms with Crippen LogP contribution >= 0.6 is 0 Å². The molecule has 0 N–H and O–H groups in total. The number of aryl methyl sites for hydroxylation is 6. The molecule has 1 aliphatic rings. The molecule has 0 saturated heterocycles. The predicted molar refractivity (Wildman–Crippen MR) is 166 cm³/mol. The number of hydrogen-bond donors (Lipinski definition) is 0. The van der Waals surface area contributed by atoms with Gasteiger partial charge in [0.25, 0.3) is 0 Å². The Balaban J connectivity index is 2.29. The van der Waals surface area contributed by atoms with Gasteiger partial charge in [-0.25, -0.2) is 0 Å². The first kappa shape index (κ1) is 27.4. The average Bonchev–Trinajstić information content (AvgIpc) is 3.19. The van der Waals surface area contributed by atoms with E-state index in [0.717, 1.165) is 6.42 Å². The second-order valence-corrected chi connectivity index (χ2v) is 16.1. The molecule has 0 radical (unpaired) electrons. The maximum absolute atomic E-state index is 2.62. The van der Waals surface area contributed by atoms with Crippen LogP contribution in [0.1, 0.15) is 77.3 Å². The molecule has 3 aromatic carbocycles. The summed E-state index contributed by atoms with van der Waals surface area (Å²) in [6, 6.07) is 21.7. The van der Waals surface area contributed by atoms with E-state index in [2.05, 4.69) is 136 Å². The van der Waals surface area contributed by atoms with E-state index >= 15 is 0 Å². The van der Waals surface area contributed by atoms with Crippen molar-refractivity contribution >= 4 is 8.80 Å². The Kier molecular flexibility index (Phi) is 7.34. The Labute approximate surface area is 228 Å². The molecule has 3 aromatic rings. The zero-order chi connectivity index (χ0) is 27.3. The van der Waals surface area contributed by atoms with Gasteiger partial charge in [0, 0.05) is 0 Å². The van der Waals surface area contributed by atoms with Gasteiger partial charge in [-0.3, -0.25) is 0 Å². The van der Waals surface area contributed by atoms with Crippen LogP contribution in [0.25, 0.3) is 0 Å². The minimum Gasteiger partial charge on any atom is -0.0759 e. The van der Waals surface area contributed by atoms with Crippen LogP contribution in [0.5, 0.6) is 0 Å². The van der Waals surface area contributed by atoms with Gasteiger partial charge >= 0.3 is 0 Å². The molecule has 0 amide bonds. The van der Waals surface area contributed by atoms with Crippen molar-refractivity contribution in [3.8, 4) is 0 Å². The molecule has 0 saturated carbocycles. The lowest BCUT2D eigenvalue weighted by atomic mass is 9.63. The third kappa shape index (κ3) is 5.21. The smallest absolute Gasteiger partial charge is 0.0698 e. The van der Waals surface area contributed by atoms with E-state index < -0.39 is 8.80 Å². The van der Waals surface area contributed by atoms with Gasteiger partial charge in [0.15, 0.2) is 0 Å². The van der Waals surface area contributed by atoms with E-state index in [9.17, 15) is 0 Å². The summed E-state index contributed by atoms with van der Waals surface area (Å²) in [7, 11) is -1.11. The first-order valence-electron chi connectivity index (χ1n) is 13.9. The lowest BCUT2D eigenvalue weighted by Crippen LogP contribution is -2.33. The minimum absolute atomic E-state index is 0.148. The van der Waals surface area contributed by atoms with Crippen LogP contribution in [0.15, 0.2) is 77.0 Å². The molecular weight excluding hydrogens is 460 g/mol. The lowest BCUT2D eigenvalue weighted by Gasteiger charge is -2.40. The SMILES string of the molecule is Cc1cc(C)cc(C(C2=C([SiH](C)C)CC(C(C)(C)C)=C2)(c2cc(C)cc(C)c2)c2cc(C)cc(C)c2)c1. The summed E-state index contributed by atoms with van der Waals surface area (Å²) in [5.74, 6) is 0. The monoisotopic (exact) mass is 506 g/mol. The molecule has 0 unspecified atom stereocenters. The zero-order valence-electron chi connectivity index (χ0n) is 25.1. The normalized spacial score (nSPS) is 14.5. The van der Waals surface area contributed by atoms with Gasteiger partial charge in [-0.1, -0.05) is 139 Å². The molecule has 0 aromatic heterocycles. The summed E-state index contributed by atoms with van der Waals surface area (Å²) < 4.78 is 0. The molecule has 1 heteroatoms. The number of rotatable bonds is 5. The van der Waals surface area contributed by atoms with Crippen molar-refractivity contribution in [2.24, 2.45) is 5.41 Å². The molecule has 0 atom stereocenters. The summed E-state index contributed by atoms with van der Waals surface area (Å²) in [6.45, 7) is 25.7. The maximum Gasteiger partial charge on any atom is 0.0698 e. The minimum atomic E-state index is -1.11. The Hall–Kier alpha value is -2.64. The number of hydrogen-bond acceptors (Lipinski definition) is 0. The molecule has 194 valence electrons. The molecule has 0 fully saturated rings. The Morgan fingerprint density at radius 2 is 0.865 bits per heavy atom. The number of allylic oxidation sites excluding steroid dienone is 4. The summed E-state index contributed by atoms with van der Waals surface area (Å²) in [6.07, 6.45) is 3.74. The fourth-order valence-electron chi connectivity index (χ4n) is 6.50. The Morgan fingerprint density at radius 1 is 0.541 bits per heavy atom. The lowest BCUT2D eigenvalue weighted by molar-refractivity contribution is 0.495. The van der Waals surface area contributed by atoms with E-state index in [0.29, 0.717) is 0 Å². The van der Waals surface area contributed by atoms with Crippen LogP contribution in [0.2, 0.25) is 13.1 Å². The molecule has 4 rings (SSSR count). The Bertz CT molecular complexity index is 1220. The highest BCUT2D eigenvalue weighted by atomic mass is 28.3. The average molecular weight is 507 g/mol.